The molecule has 6 nitrogen and oxygen atoms in total. The second-order valence-corrected chi connectivity index (χ2v) is 6.33. The van der Waals surface area contributed by atoms with Crippen molar-refractivity contribution in [2.45, 2.75) is 20.3 Å². The van der Waals surface area contributed by atoms with E-state index in [1.54, 1.807) is 11.0 Å². The number of hydrogen-bond donors (Lipinski definition) is 2. The van der Waals surface area contributed by atoms with Gasteiger partial charge in [-0.1, -0.05) is 6.92 Å². The zero-order chi connectivity index (χ0) is 15.6. The first-order valence-electron chi connectivity index (χ1n) is 6.78. The summed E-state index contributed by atoms with van der Waals surface area (Å²) in [5.74, 6) is -0.716. The first kappa shape index (κ1) is 15.8. The number of nitrogens with zero attached hydrogens (tertiary/aromatic N) is 2. The minimum absolute atomic E-state index is 0.171. The maximum Gasteiger partial charge on any atom is 0.323 e. The summed E-state index contributed by atoms with van der Waals surface area (Å²) >= 11 is 3.35. The lowest BCUT2D eigenvalue weighted by Gasteiger charge is -2.34. The molecule has 2 unspecified atom stereocenters. The van der Waals surface area contributed by atoms with Crippen LogP contribution in [0.25, 0.3) is 0 Å². The van der Waals surface area contributed by atoms with Gasteiger partial charge in [0, 0.05) is 17.6 Å². The molecule has 0 saturated carbocycles. The third-order valence-electron chi connectivity index (χ3n) is 3.55. The van der Waals surface area contributed by atoms with Crippen molar-refractivity contribution in [2.24, 2.45) is 11.8 Å². The van der Waals surface area contributed by atoms with E-state index in [4.69, 9.17) is 5.11 Å². The number of hydrogen-bond acceptors (Lipinski definition) is 3. The summed E-state index contributed by atoms with van der Waals surface area (Å²) < 4.78 is 0.873. The van der Waals surface area contributed by atoms with E-state index in [0.29, 0.717) is 18.8 Å². The maximum absolute atomic E-state index is 12.2. The maximum atomic E-state index is 12.2. The number of pyridine rings is 1. The van der Waals surface area contributed by atoms with Crippen LogP contribution in [0.2, 0.25) is 0 Å². The molecule has 1 aliphatic rings. The monoisotopic (exact) mass is 355 g/mol. The number of aliphatic carboxylic acids is 1. The van der Waals surface area contributed by atoms with Crippen molar-refractivity contribution in [1.82, 2.24) is 9.88 Å². The average Bonchev–Trinajstić information content (AvgIpc) is 2.42. The molecule has 7 heteroatoms. The number of aromatic nitrogens is 1. The predicted molar refractivity (Wildman–Crippen MR) is 82.2 cm³/mol. The molecule has 2 atom stereocenters. The van der Waals surface area contributed by atoms with Gasteiger partial charge in [0.2, 0.25) is 0 Å². The van der Waals surface area contributed by atoms with Crippen LogP contribution < -0.4 is 5.32 Å². The molecule has 21 heavy (non-hydrogen) atoms. The Hall–Kier alpha value is -1.63. The Morgan fingerprint density at radius 2 is 2.14 bits per heavy atom. The predicted octanol–water partition coefficient (Wildman–Crippen LogP) is 2.73. The van der Waals surface area contributed by atoms with Crippen LogP contribution in [-0.4, -0.2) is 40.1 Å². The fourth-order valence-corrected chi connectivity index (χ4v) is 2.72. The molecule has 0 aliphatic carbocycles. The van der Waals surface area contributed by atoms with E-state index in [9.17, 15) is 9.59 Å². The number of carboxylic acid groups (broad SMARTS) is 1. The Balaban J connectivity index is 2.05. The van der Waals surface area contributed by atoms with E-state index >= 15 is 0 Å². The van der Waals surface area contributed by atoms with E-state index in [1.165, 1.54) is 0 Å². The number of piperidine rings is 1. The number of rotatable bonds is 2. The highest BCUT2D eigenvalue weighted by molar-refractivity contribution is 9.10. The topological polar surface area (TPSA) is 82.5 Å². The van der Waals surface area contributed by atoms with Crippen LogP contribution in [0.1, 0.15) is 19.0 Å². The molecule has 2 heterocycles. The van der Waals surface area contributed by atoms with E-state index in [2.05, 4.69) is 26.2 Å². The third kappa shape index (κ3) is 3.93. The smallest absolute Gasteiger partial charge is 0.323 e. The normalized spacial score (nSPS) is 22.0. The Morgan fingerprint density at radius 1 is 1.43 bits per heavy atom. The van der Waals surface area contributed by atoms with Crippen LogP contribution in [0.15, 0.2) is 16.6 Å². The lowest BCUT2D eigenvalue weighted by Crippen LogP contribution is -2.47. The summed E-state index contributed by atoms with van der Waals surface area (Å²) in [5.41, 5.74) is 0.781. The second-order valence-electron chi connectivity index (χ2n) is 5.47. The number of anilines is 1. The number of likely N-dealkylation sites (tertiary alicyclic amines) is 1. The minimum Gasteiger partial charge on any atom is -0.481 e. The number of nitrogens with one attached hydrogen (secondary N) is 1. The van der Waals surface area contributed by atoms with Crippen molar-refractivity contribution >= 4 is 33.7 Å². The number of urea groups is 1. The summed E-state index contributed by atoms with van der Waals surface area (Å²) in [6, 6.07) is 3.22. The van der Waals surface area contributed by atoms with Crippen molar-refractivity contribution in [3.63, 3.8) is 0 Å². The molecular formula is C14H18BrN3O3. The average molecular weight is 356 g/mol. The summed E-state index contributed by atoms with van der Waals surface area (Å²) in [6.45, 7) is 4.59. The van der Waals surface area contributed by atoms with E-state index in [1.807, 2.05) is 19.9 Å². The summed E-state index contributed by atoms with van der Waals surface area (Å²) in [4.78, 5) is 29.2. The molecule has 0 bridgehead atoms. The number of carbonyl (C=O) groups excluding carboxylic acids is 1. The largest absolute Gasteiger partial charge is 0.481 e. The quantitative estimate of drug-likeness (QED) is 0.854. The van der Waals surface area contributed by atoms with Gasteiger partial charge in [0.05, 0.1) is 11.6 Å². The number of halogens is 1. The molecule has 114 valence electrons. The Bertz CT molecular complexity index is 564. The van der Waals surface area contributed by atoms with Crippen molar-refractivity contribution in [2.75, 3.05) is 18.4 Å². The van der Waals surface area contributed by atoms with Crippen LogP contribution in [-0.2, 0) is 4.79 Å². The minimum atomic E-state index is -0.850. The summed E-state index contributed by atoms with van der Waals surface area (Å²) in [6.07, 6.45) is 0.606. The van der Waals surface area contributed by atoms with Crippen molar-refractivity contribution in [1.29, 1.82) is 0 Å². The van der Waals surface area contributed by atoms with Gasteiger partial charge in [0.1, 0.15) is 5.82 Å². The molecule has 2 amide bonds. The van der Waals surface area contributed by atoms with E-state index in [0.717, 1.165) is 10.2 Å². The van der Waals surface area contributed by atoms with E-state index < -0.39 is 11.9 Å². The SMILES string of the molecule is Cc1nc(NC(=O)N2CC(C)CC(C(=O)O)C2)ccc1Br. The highest BCUT2D eigenvalue weighted by atomic mass is 79.9. The summed E-state index contributed by atoms with van der Waals surface area (Å²) in [5, 5.41) is 11.9. The van der Waals surface area contributed by atoms with Gasteiger partial charge in [-0.3, -0.25) is 10.1 Å². The lowest BCUT2D eigenvalue weighted by atomic mass is 9.91. The van der Waals surface area contributed by atoms with Gasteiger partial charge in [0.15, 0.2) is 0 Å². The fraction of sp³-hybridized carbons (Fsp3) is 0.500. The van der Waals surface area contributed by atoms with Crippen LogP contribution >= 0.6 is 15.9 Å². The zero-order valence-corrected chi connectivity index (χ0v) is 13.6. The van der Waals surface area contributed by atoms with Gasteiger partial charge in [0.25, 0.3) is 0 Å². The molecule has 0 aromatic carbocycles. The molecule has 1 fully saturated rings. The van der Waals surface area contributed by atoms with Crippen molar-refractivity contribution in [3.8, 4) is 0 Å². The highest BCUT2D eigenvalue weighted by Crippen LogP contribution is 2.23. The molecule has 1 saturated heterocycles. The van der Waals surface area contributed by atoms with Gasteiger partial charge >= 0.3 is 12.0 Å². The van der Waals surface area contributed by atoms with Gasteiger partial charge in [-0.2, -0.15) is 0 Å². The molecule has 0 radical (unpaired) electrons. The van der Waals surface area contributed by atoms with Crippen LogP contribution in [0, 0.1) is 18.8 Å². The van der Waals surface area contributed by atoms with Crippen molar-refractivity contribution < 1.29 is 14.7 Å². The molecule has 0 spiro atoms. The van der Waals surface area contributed by atoms with Gasteiger partial charge < -0.3 is 10.0 Å². The fourth-order valence-electron chi connectivity index (χ4n) is 2.50. The number of carboxylic acids is 1. The lowest BCUT2D eigenvalue weighted by molar-refractivity contribution is -0.143. The van der Waals surface area contributed by atoms with Crippen LogP contribution in [0.5, 0.6) is 0 Å². The number of aryl methyl sites for hydroxylation is 1. The van der Waals surface area contributed by atoms with E-state index in [-0.39, 0.29) is 18.5 Å². The Kier molecular flexibility index (Phi) is 4.82. The third-order valence-corrected chi connectivity index (χ3v) is 4.39. The summed E-state index contributed by atoms with van der Waals surface area (Å²) in [7, 11) is 0. The van der Waals surface area contributed by atoms with Crippen molar-refractivity contribution in [3.05, 3.63) is 22.3 Å². The Morgan fingerprint density at radius 3 is 2.76 bits per heavy atom. The number of carbonyl (C=O) groups is 2. The number of amides is 2. The molecule has 2 N–H and O–H groups in total. The Labute approximate surface area is 131 Å². The standard InChI is InChI=1S/C14H18BrN3O3/c1-8-5-10(13(19)20)7-18(6-8)14(21)17-12-4-3-11(15)9(2)16-12/h3-4,8,10H,5-7H2,1-2H3,(H,19,20)(H,16,17,21). The first-order chi connectivity index (χ1) is 9.86. The zero-order valence-electron chi connectivity index (χ0n) is 12.0. The highest BCUT2D eigenvalue weighted by Gasteiger charge is 2.31. The second kappa shape index (κ2) is 6.43. The molecular weight excluding hydrogens is 338 g/mol. The molecule has 2 rings (SSSR count). The molecule has 1 aromatic heterocycles. The molecule has 1 aromatic rings. The van der Waals surface area contributed by atoms with Crippen LogP contribution in [0.4, 0.5) is 10.6 Å². The van der Waals surface area contributed by atoms with Crippen LogP contribution in [0.3, 0.4) is 0 Å². The first-order valence-corrected chi connectivity index (χ1v) is 7.58. The molecule has 1 aliphatic heterocycles. The van der Waals surface area contributed by atoms with Gasteiger partial charge in [-0.15, -0.1) is 0 Å². The van der Waals surface area contributed by atoms with Gasteiger partial charge in [-0.05, 0) is 47.3 Å². The van der Waals surface area contributed by atoms with Gasteiger partial charge in [-0.25, -0.2) is 9.78 Å².